The maximum absolute atomic E-state index is 12.2. The lowest BCUT2D eigenvalue weighted by Crippen LogP contribution is -2.32. The van der Waals surface area contributed by atoms with Crippen molar-refractivity contribution < 1.29 is 14.3 Å². The summed E-state index contributed by atoms with van der Waals surface area (Å²) in [6, 6.07) is 10.9. The Bertz CT molecular complexity index is 740. The Morgan fingerprint density at radius 1 is 1.16 bits per heavy atom. The number of hydrogen-bond donors (Lipinski definition) is 1. The first kappa shape index (κ1) is 18.9. The number of thiophene rings is 1. The highest BCUT2D eigenvalue weighted by molar-refractivity contribution is 7.10. The van der Waals surface area contributed by atoms with Gasteiger partial charge in [-0.25, -0.2) is 4.79 Å². The third-order valence-electron chi connectivity index (χ3n) is 3.76. The Morgan fingerprint density at radius 2 is 1.84 bits per heavy atom. The molecule has 0 unspecified atom stereocenters. The van der Waals surface area contributed by atoms with Crippen molar-refractivity contribution in [1.82, 2.24) is 5.32 Å². The molecule has 1 aromatic heterocycles. The summed E-state index contributed by atoms with van der Waals surface area (Å²) >= 11 is 1.40. The molecule has 0 fully saturated rings. The van der Waals surface area contributed by atoms with Crippen LogP contribution in [-0.4, -0.2) is 19.0 Å². The molecule has 0 spiro atoms. The Morgan fingerprint density at radius 3 is 2.36 bits per heavy atom. The Kier molecular flexibility index (Phi) is 6.15. The number of methoxy groups -OCH3 is 1. The summed E-state index contributed by atoms with van der Waals surface area (Å²) in [7, 11) is 1.31. The molecule has 132 valence electrons. The normalized spacial score (nSPS) is 12.8. The van der Waals surface area contributed by atoms with Crippen molar-refractivity contribution in [3.8, 4) is 0 Å². The summed E-state index contributed by atoms with van der Waals surface area (Å²) < 4.78 is 4.77. The minimum Gasteiger partial charge on any atom is -0.467 e. The van der Waals surface area contributed by atoms with Gasteiger partial charge in [0.15, 0.2) is 6.04 Å². The molecule has 5 heteroatoms. The summed E-state index contributed by atoms with van der Waals surface area (Å²) in [5.74, 6) is -0.831. The van der Waals surface area contributed by atoms with Crippen LogP contribution in [0.25, 0.3) is 6.08 Å². The van der Waals surface area contributed by atoms with Gasteiger partial charge in [-0.15, -0.1) is 11.3 Å². The first-order chi connectivity index (χ1) is 11.8. The van der Waals surface area contributed by atoms with Crippen molar-refractivity contribution in [2.75, 3.05) is 7.11 Å². The zero-order valence-corrected chi connectivity index (χ0v) is 15.7. The lowest BCUT2D eigenvalue weighted by molar-refractivity contribution is -0.144. The first-order valence-corrected chi connectivity index (χ1v) is 8.89. The molecular formula is C20H23NO3S. The summed E-state index contributed by atoms with van der Waals surface area (Å²) in [5.41, 5.74) is 2.25. The second-order valence-corrected chi connectivity index (χ2v) is 7.66. The van der Waals surface area contributed by atoms with Crippen LogP contribution in [0.15, 0.2) is 47.9 Å². The van der Waals surface area contributed by atoms with Crippen LogP contribution in [0.1, 0.15) is 42.8 Å². The third-order valence-corrected chi connectivity index (χ3v) is 4.69. The summed E-state index contributed by atoms with van der Waals surface area (Å²) in [4.78, 5) is 24.8. The van der Waals surface area contributed by atoms with Crippen molar-refractivity contribution in [2.45, 2.75) is 32.2 Å². The van der Waals surface area contributed by atoms with E-state index in [-0.39, 0.29) is 11.3 Å². The van der Waals surface area contributed by atoms with Gasteiger partial charge in [-0.1, -0.05) is 51.1 Å². The number of hydrogen-bond acceptors (Lipinski definition) is 4. The predicted molar refractivity (Wildman–Crippen MR) is 101 cm³/mol. The topological polar surface area (TPSA) is 55.4 Å². The maximum atomic E-state index is 12.2. The molecule has 2 rings (SSSR count). The van der Waals surface area contributed by atoms with Crippen LogP contribution >= 0.6 is 11.3 Å². The minimum absolute atomic E-state index is 0.0913. The summed E-state index contributed by atoms with van der Waals surface area (Å²) in [6.45, 7) is 6.47. The Hall–Kier alpha value is -2.40. The molecule has 1 atom stereocenters. The number of nitrogens with one attached hydrogen (secondary N) is 1. The fourth-order valence-corrected chi connectivity index (χ4v) is 3.04. The minimum atomic E-state index is -0.787. The number of carbonyl (C=O) groups is 2. The van der Waals surface area contributed by atoms with Crippen molar-refractivity contribution in [3.63, 3.8) is 0 Å². The van der Waals surface area contributed by atoms with Crippen molar-refractivity contribution in [2.24, 2.45) is 0 Å². The molecule has 4 nitrogen and oxygen atoms in total. The average molecular weight is 357 g/mol. The van der Waals surface area contributed by atoms with Crippen LogP contribution < -0.4 is 5.32 Å². The van der Waals surface area contributed by atoms with Gasteiger partial charge in [-0.05, 0) is 34.1 Å². The molecule has 1 heterocycles. The van der Waals surface area contributed by atoms with E-state index in [1.165, 1.54) is 30.1 Å². The van der Waals surface area contributed by atoms with E-state index in [0.717, 1.165) is 10.4 Å². The number of amides is 1. The molecule has 0 aliphatic rings. The predicted octanol–water partition coefficient (Wildman–Crippen LogP) is 4.09. The Balaban J connectivity index is 2.05. The molecule has 0 aliphatic carbocycles. The van der Waals surface area contributed by atoms with Crippen LogP contribution in [0.3, 0.4) is 0 Å². The molecule has 1 amide bonds. The fraction of sp³-hybridized carbons (Fsp3) is 0.300. The number of ether oxygens (including phenoxy) is 1. The maximum Gasteiger partial charge on any atom is 0.333 e. The monoisotopic (exact) mass is 357 g/mol. The Labute approximate surface area is 152 Å². The van der Waals surface area contributed by atoms with E-state index in [0.29, 0.717) is 0 Å². The van der Waals surface area contributed by atoms with Gasteiger partial charge in [-0.2, -0.15) is 0 Å². The van der Waals surface area contributed by atoms with Crippen molar-refractivity contribution >= 4 is 29.3 Å². The molecule has 25 heavy (non-hydrogen) atoms. The lowest BCUT2D eigenvalue weighted by Gasteiger charge is -2.18. The third kappa shape index (κ3) is 5.29. The standard InChI is InChI=1S/C20H23NO3S/c1-20(2,3)15-10-7-14(8-11-15)9-12-17(22)21-18(19(23)24-4)16-6-5-13-25-16/h5-13,18H,1-4H3,(H,21,22)/b12-9-/t18-/m1/s1. The number of benzene rings is 1. The molecular weight excluding hydrogens is 334 g/mol. The molecule has 2 aromatic rings. The first-order valence-electron chi connectivity index (χ1n) is 8.01. The molecule has 0 aliphatic heterocycles. The number of carbonyl (C=O) groups excluding carboxylic acids is 2. The molecule has 1 N–H and O–H groups in total. The quantitative estimate of drug-likeness (QED) is 0.648. The molecule has 1 aromatic carbocycles. The van der Waals surface area contributed by atoms with Gasteiger partial charge in [0.2, 0.25) is 5.91 Å². The second kappa shape index (κ2) is 8.12. The molecule has 0 bridgehead atoms. The SMILES string of the molecule is COC(=O)[C@H](NC(=O)/C=C\c1ccc(C(C)(C)C)cc1)c1cccs1. The van der Waals surface area contributed by atoms with Gasteiger partial charge in [0, 0.05) is 11.0 Å². The van der Waals surface area contributed by atoms with Gasteiger partial charge in [0.1, 0.15) is 0 Å². The zero-order chi connectivity index (χ0) is 18.4. The lowest BCUT2D eigenvalue weighted by atomic mass is 9.87. The smallest absolute Gasteiger partial charge is 0.333 e. The van der Waals surface area contributed by atoms with Gasteiger partial charge in [0.05, 0.1) is 7.11 Å². The highest BCUT2D eigenvalue weighted by Gasteiger charge is 2.23. The van der Waals surface area contributed by atoms with Crippen molar-refractivity contribution in [3.05, 3.63) is 63.9 Å². The van der Waals surface area contributed by atoms with Crippen LogP contribution in [-0.2, 0) is 19.7 Å². The summed E-state index contributed by atoms with van der Waals surface area (Å²) in [5, 5.41) is 4.54. The van der Waals surface area contributed by atoms with Gasteiger partial charge >= 0.3 is 5.97 Å². The second-order valence-electron chi connectivity index (χ2n) is 6.69. The average Bonchev–Trinajstić information content (AvgIpc) is 3.11. The zero-order valence-electron chi connectivity index (χ0n) is 14.9. The summed E-state index contributed by atoms with van der Waals surface area (Å²) in [6.07, 6.45) is 3.15. The van der Waals surface area contributed by atoms with Crippen LogP contribution in [0.5, 0.6) is 0 Å². The van der Waals surface area contributed by atoms with E-state index >= 15 is 0 Å². The van der Waals surface area contributed by atoms with E-state index < -0.39 is 12.0 Å². The van der Waals surface area contributed by atoms with Crippen LogP contribution in [0.4, 0.5) is 0 Å². The molecule has 0 radical (unpaired) electrons. The highest BCUT2D eigenvalue weighted by Crippen LogP contribution is 2.23. The largest absolute Gasteiger partial charge is 0.467 e. The van der Waals surface area contributed by atoms with Crippen molar-refractivity contribution in [1.29, 1.82) is 0 Å². The van der Waals surface area contributed by atoms with E-state index in [9.17, 15) is 9.59 Å². The van der Waals surface area contributed by atoms with E-state index in [4.69, 9.17) is 4.74 Å². The van der Waals surface area contributed by atoms with Crippen LogP contribution in [0, 0.1) is 0 Å². The van der Waals surface area contributed by atoms with Crippen LogP contribution in [0.2, 0.25) is 0 Å². The van der Waals surface area contributed by atoms with Gasteiger partial charge in [0.25, 0.3) is 0 Å². The van der Waals surface area contributed by atoms with E-state index in [1.54, 1.807) is 12.1 Å². The molecule has 0 saturated heterocycles. The van der Waals surface area contributed by atoms with Gasteiger partial charge < -0.3 is 10.1 Å². The van der Waals surface area contributed by atoms with E-state index in [1.807, 2.05) is 23.6 Å². The highest BCUT2D eigenvalue weighted by atomic mass is 32.1. The van der Waals surface area contributed by atoms with Gasteiger partial charge in [-0.3, -0.25) is 4.79 Å². The van der Waals surface area contributed by atoms with E-state index in [2.05, 4.69) is 38.2 Å². The fourth-order valence-electron chi connectivity index (χ4n) is 2.28. The number of esters is 1. The number of rotatable bonds is 5. The molecule has 0 saturated carbocycles.